The van der Waals surface area contributed by atoms with E-state index in [9.17, 15) is 23.3 Å². The fraction of sp³-hybridized carbons (Fsp3) is 0.412. The zero-order valence-electron chi connectivity index (χ0n) is 15.4. The van der Waals surface area contributed by atoms with Crippen LogP contribution in [0.25, 0.3) is 0 Å². The molecule has 1 aromatic heterocycles. The van der Waals surface area contributed by atoms with Gasteiger partial charge in [0.1, 0.15) is 6.33 Å². The first kappa shape index (κ1) is 21.1. The van der Waals surface area contributed by atoms with Gasteiger partial charge in [-0.15, -0.1) is 0 Å². The zero-order chi connectivity index (χ0) is 21.2. The number of anilines is 3. The Kier molecular flexibility index (Phi) is 6.08. The maximum Gasteiger partial charge on any atom is 0.416 e. The number of aromatic nitrogens is 2. The summed E-state index contributed by atoms with van der Waals surface area (Å²) >= 11 is 5.99. The van der Waals surface area contributed by atoms with Crippen molar-refractivity contribution in [1.29, 1.82) is 0 Å². The fourth-order valence-corrected chi connectivity index (χ4v) is 3.23. The first-order chi connectivity index (χ1) is 13.7. The summed E-state index contributed by atoms with van der Waals surface area (Å²) in [6.07, 6.45) is -3.44. The second-order valence-corrected chi connectivity index (χ2v) is 6.80. The van der Waals surface area contributed by atoms with Crippen LogP contribution in [0.1, 0.15) is 12.5 Å². The molecule has 1 fully saturated rings. The normalized spacial score (nSPS) is 15.4. The molecule has 2 heterocycles. The standard InChI is InChI=1S/C17H18ClF3N6O2/c1-2-25-5-7-26(8-6-25)16-14(27(28)29)15(22-10-23-16)24-13-9-11(17(19,20)21)3-4-12(13)18/h3-4,9-10H,2,5-8H2,1H3,(H,22,23,24). The van der Waals surface area contributed by atoms with E-state index in [1.54, 1.807) is 4.90 Å². The Morgan fingerprint density at radius 1 is 1.24 bits per heavy atom. The minimum absolute atomic E-state index is 0.0241. The van der Waals surface area contributed by atoms with Crippen LogP contribution in [0.4, 0.5) is 36.2 Å². The molecule has 1 aliphatic heterocycles. The van der Waals surface area contributed by atoms with Gasteiger partial charge in [0.2, 0.25) is 11.6 Å². The number of nitro groups is 1. The van der Waals surface area contributed by atoms with Gasteiger partial charge < -0.3 is 15.1 Å². The summed E-state index contributed by atoms with van der Waals surface area (Å²) in [6, 6.07) is 2.69. The average molecular weight is 431 g/mol. The van der Waals surface area contributed by atoms with Gasteiger partial charge in [0, 0.05) is 26.2 Å². The molecule has 29 heavy (non-hydrogen) atoms. The molecule has 156 valence electrons. The molecular weight excluding hydrogens is 413 g/mol. The van der Waals surface area contributed by atoms with Crippen molar-refractivity contribution in [2.24, 2.45) is 0 Å². The van der Waals surface area contributed by atoms with E-state index in [0.717, 1.165) is 44.2 Å². The molecule has 3 rings (SSSR count). The largest absolute Gasteiger partial charge is 0.416 e. The van der Waals surface area contributed by atoms with Gasteiger partial charge in [-0.2, -0.15) is 13.2 Å². The van der Waals surface area contributed by atoms with Crippen LogP contribution in [0.2, 0.25) is 5.02 Å². The van der Waals surface area contributed by atoms with Crippen LogP contribution in [0.15, 0.2) is 24.5 Å². The molecule has 0 spiro atoms. The first-order valence-electron chi connectivity index (χ1n) is 8.81. The highest BCUT2D eigenvalue weighted by Gasteiger charge is 2.32. The third kappa shape index (κ3) is 4.67. The van der Waals surface area contributed by atoms with Gasteiger partial charge in [-0.05, 0) is 24.7 Å². The van der Waals surface area contributed by atoms with Gasteiger partial charge in [-0.3, -0.25) is 10.1 Å². The monoisotopic (exact) mass is 430 g/mol. The summed E-state index contributed by atoms with van der Waals surface area (Å²) in [6.45, 7) is 5.43. The lowest BCUT2D eigenvalue weighted by Gasteiger charge is -2.34. The van der Waals surface area contributed by atoms with Crippen LogP contribution >= 0.6 is 11.6 Å². The van der Waals surface area contributed by atoms with Crippen molar-refractivity contribution in [2.75, 3.05) is 42.9 Å². The number of nitrogens with one attached hydrogen (secondary N) is 1. The Bertz CT molecular complexity index is 903. The highest BCUT2D eigenvalue weighted by molar-refractivity contribution is 6.33. The maximum atomic E-state index is 13.0. The minimum atomic E-state index is -4.58. The van der Waals surface area contributed by atoms with E-state index in [0.29, 0.717) is 13.1 Å². The summed E-state index contributed by atoms with van der Waals surface area (Å²) < 4.78 is 39.0. The molecule has 8 nitrogen and oxygen atoms in total. The molecule has 1 aliphatic rings. The fourth-order valence-electron chi connectivity index (χ4n) is 3.06. The Balaban J connectivity index is 1.96. The first-order valence-corrected chi connectivity index (χ1v) is 9.19. The molecule has 0 radical (unpaired) electrons. The molecule has 0 saturated carbocycles. The summed E-state index contributed by atoms with van der Waals surface area (Å²) in [5, 5.41) is 14.3. The van der Waals surface area contributed by atoms with Crippen molar-refractivity contribution in [2.45, 2.75) is 13.1 Å². The number of benzene rings is 1. The number of likely N-dealkylation sites (N-methyl/N-ethyl adjacent to an activating group) is 1. The van der Waals surface area contributed by atoms with Crippen molar-refractivity contribution >= 4 is 34.6 Å². The van der Waals surface area contributed by atoms with Gasteiger partial charge in [-0.1, -0.05) is 18.5 Å². The minimum Gasteiger partial charge on any atom is -0.348 e. The van der Waals surface area contributed by atoms with Crippen LogP contribution in [0, 0.1) is 10.1 Å². The molecule has 1 N–H and O–H groups in total. The van der Waals surface area contributed by atoms with Gasteiger partial charge in [0.05, 0.1) is 21.2 Å². The lowest BCUT2D eigenvalue weighted by atomic mass is 10.2. The van der Waals surface area contributed by atoms with E-state index in [4.69, 9.17) is 11.6 Å². The molecular formula is C17H18ClF3N6O2. The SMILES string of the molecule is CCN1CCN(c2ncnc(Nc3cc(C(F)(F)F)ccc3Cl)c2[N+](=O)[O-])CC1. The number of hydrogen-bond donors (Lipinski definition) is 1. The molecule has 0 amide bonds. The second kappa shape index (κ2) is 8.37. The van der Waals surface area contributed by atoms with Crippen LogP contribution in [0.5, 0.6) is 0 Å². The van der Waals surface area contributed by atoms with Crippen molar-refractivity contribution in [3.05, 3.63) is 45.2 Å². The van der Waals surface area contributed by atoms with E-state index < -0.39 is 22.4 Å². The Morgan fingerprint density at radius 3 is 2.52 bits per heavy atom. The smallest absolute Gasteiger partial charge is 0.348 e. The number of rotatable bonds is 5. The molecule has 0 aliphatic carbocycles. The van der Waals surface area contributed by atoms with Gasteiger partial charge in [0.15, 0.2) is 0 Å². The lowest BCUT2D eigenvalue weighted by molar-refractivity contribution is -0.383. The van der Waals surface area contributed by atoms with Crippen LogP contribution in [-0.2, 0) is 6.18 Å². The third-order valence-corrected chi connectivity index (χ3v) is 4.98. The van der Waals surface area contributed by atoms with E-state index in [-0.39, 0.29) is 22.3 Å². The van der Waals surface area contributed by atoms with Gasteiger partial charge in [-0.25, -0.2) is 9.97 Å². The Morgan fingerprint density at radius 2 is 1.93 bits per heavy atom. The van der Waals surface area contributed by atoms with E-state index in [2.05, 4.69) is 20.2 Å². The third-order valence-electron chi connectivity index (χ3n) is 4.65. The van der Waals surface area contributed by atoms with Crippen molar-refractivity contribution in [3.63, 3.8) is 0 Å². The predicted octanol–water partition coefficient (Wildman–Crippen LogP) is 3.94. The Labute approximate surface area is 169 Å². The van der Waals surface area contributed by atoms with Crippen LogP contribution < -0.4 is 10.2 Å². The number of hydrogen-bond acceptors (Lipinski definition) is 7. The maximum absolute atomic E-state index is 13.0. The summed E-state index contributed by atoms with van der Waals surface area (Å²) in [5.41, 5.74) is -1.48. The summed E-state index contributed by atoms with van der Waals surface area (Å²) in [7, 11) is 0. The number of alkyl halides is 3. The van der Waals surface area contributed by atoms with Crippen LogP contribution in [-0.4, -0.2) is 52.5 Å². The quantitative estimate of drug-likeness (QED) is 0.567. The van der Waals surface area contributed by atoms with E-state index in [1.807, 2.05) is 6.92 Å². The number of halogens is 4. The summed E-state index contributed by atoms with van der Waals surface area (Å²) in [5.74, 6) is -0.106. The highest BCUT2D eigenvalue weighted by atomic mass is 35.5. The zero-order valence-corrected chi connectivity index (χ0v) is 16.2. The molecule has 1 aromatic carbocycles. The topological polar surface area (TPSA) is 87.4 Å². The average Bonchev–Trinajstić information content (AvgIpc) is 2.68. The molecule has 1 saturated heterocycles. The number of nitrogens with zero attached hydrogens (tertiary/aromatic N) is 5. The molecule has 2 aromatic rings. The lowest BCUT2D eigenvalue weighted by Crippen LogP contribution is -2.46. The van der Waals surface area contributed by atoms with Crippen LogP contribution in [0.3, 0.4) is 0 Å². The molecule has 0 bridgehead atoms. The van der Waals surface area contributed by atoms with E-state index in [1.165, 1.54) is 0 Å². The van der Waals surface area contributed by atoms with E-state index >= 15 is 0 Å². The van der Waals surface area contributed by atoms with Gasteiger partial charge >= 0.3 is 11.9 Å². The second-order valence-electron chi connectivity index (χ2n) is 6.39. The Hall–Kier alpha value is -2.66. The van der Waals surface area contributed by atoms with Crippen molar-refractivity contribution in [1.82, 2.24) is 14.9 Å². The molecule has 0 atom stereocenters. The number of piperazine rings is 1. The molecule has 12 heteroatoms. The van der Waals surface area contributed by atoms with Crippen molar-refractivity contribution in [3.8, 4) is 0 Å². The van der Waals surface area contributed by atoms with Gasteiger partial charge in [0.25, 0.3) is 0 Å². The summed E-state index contributed by atoms with van der Waals surface area (Å²) in [4.78, 5) is 23.0. The molecule has 0 unspecified atom stereocenters. The highest BCUT2D eigenvalue weighted by Crippen LogP contribution is 2.38. The predicted molar refractivity (Wildman–Crippen MR) is 103 cm³/mol. The van der Waals surface area contributed by atoms with Crippen molar-refractivity contribution < 1.29 is 18.1 Å².